The number of carbonyl (C=O) groups excluding carboxylic acids is 1. The van der Waals surface area contributed by atoms with E-state index in [1.165, 1.54) is 25.7 Å². The molecule has 0 bridgehead atoms. The smallest absolute Gasteiger partial charge is 0.236 e. The number of carbonyl (C=O) groups is 1. The molecule has 1 N–H and O–H groups in total. The molecule has 2 atom stereocenters. The van der Waals surface area contributed by atoms with Crippen LogP contribution in [-0.2, 0) is 4.79 Å². The fraction of sp³-hybridized carbons (Fsp3) is 0.909. The van der Waals surface area contributed by atoms with Crippen LogP contribution in [0.25, 0.3) is 0 Å². The van der Waals surface area contributed by atoms with Crippen molar-refractivity contribution < 1.29 is 4.79 Å². The molecule has 0 aromatic heterocycles. The first-order valence-corrected chi connectivity index (χ1v) is 5.53. The number of rotatable bonds is 3. The van der Waals surface area contributed by atoms with E-state index in [4.69, 9.17) is 0 Å². The van der Waals surface area contributed by atoms with Gasteiger partial charge in [0.15, 0.2) is 0 Å². The highest BCUT2D eigenvalue weighted by Gasteiger charge is 2.18. The van der Waals surface area contributed by atoms with Gasteiger partial charge >= 0.3 is 0 Å². The number of hydrogen-bond donors (Lipinski definition) is 1. The van der Waals surface area contributed by atoms with Gasteiger partial charge in [-0.2, -0.15) is 0 Å². The van der Waals surface area contributed by atoms with E-state index in [1.807, 2.05) is 0 Å². The molecule has 0 saturated heterocycles. The van der Waals surface area contributed by atoms with E-state index in [1.54, 1.807) is 19.0 Å². The van der Waals surface area contributed by atoms with Crippen molar-refractivity contribution in [2.75, 3.05) is 20.6 Å². The fourth-order valence-corrected chi connectivity index (χ4v) is 2.01. The zero-order valence-corrected chi connectivity index (χ0v) is 9.55. The second kappa shape index (κ2) is 5.35. The molecule has 1 fully saturated rings. The van der Waals surface area contributed by atoms with Crippen LogP contribution in [0.3, 0.4) is 0 Å². The predicted molar refractivity (Wildman–Crippen MR) is 58.1 cm³/mol. The van der Waals surface area contributed by atoms with Gasteiger partial charge in [-0.3, -0.25) is 4.79 Å². The quantitative estimate of drug-likeness (QED) is 0.740. The molecule has 0 aromatic rings. The molecule has 1 saturated carbocycles. The molecule has 0 aliphatic heterocycles. The van der Waals surface area contributed by atoms with Crippen LogP contribution >= 0.6 is 0 Å². The highest BCUT2D eigenvalue weighted by Crippen LogP contribution is 2.23. The Morgan fingerprint density at radius 1 is 1.43 bits per heavy atom. The minimum absolute atomic E-state index is 0.170. The van der Waals surface area contributed by atoms with Gasteiger partial charge in [0, 0.05) is 20.1 Å². The van der Waals surface area contributed by atoms with Gasteiger partial charge in [-0.15, -0.1) is 0 Å². The van der Waals surface area contributed by atoms with Gasteiger partial charge in [0.05, 0.1) is 6.54 Å². The van der Waals surface area contributed by atoms with Crippen molar-refractivity contribution >= 4 is 5.91 Å². The molecule has 0 spiro atoms. The summed E-state index contributed by atoms with van der Waals surface area (Å²) in [5.41, 5.74) is 0. The van der Waals surface area contributed by atoms with Crippen LogP contribution in [0.2, 0.25) is 0 Å². The van der Waals surface area contributed by atoms with Crippen molar-refractivity contribution in [3.05, 3.63) is 0 Å². The Morgan fingerprint density at radius 2 is 2.14 bits per heavy atom. The highest BCUT2D eigenvalue weighted by molar-refractivity contribution is 5.77. The maximum absolute atomic E-state index is 11.3. The standard InChI is InChI=1S/C11H22N2O/c1-9-5-4-6-10(7-9)12-8-11(14)13(2)3/h9-10,12H,4-8H2,1-3H3/t9-,10+/m0/s1. The third-order valence-corrected chi connectivity index (χ3v) is 2.98. The molecule has 14 heavy (non-hydrogen) atoms. The molecule has 3 heteroatoms. The van der Waals surface area contributed by atoms with Gasteiger partial charge in [0.1, 0.15) is 0 Å². The maximum atomic E-state index is 11.3. The minimum Gasteiger partial charge on any atom is -0.348 e. The summed E-state index contributed by atoms with van der Waals surface area (Å²) < 4.78 is 0. The number of amides is 1. The van der Waals surface area contributed by atoms with Gasteiger partial charge in [0.2, 0.25) is 5.91 Å². The lowest BCUT2D eigenvalue weighted by Crippen LogP contribution is -2.40. The lowest BCUT2D eigenvalue weighted by Gasteiger charge is -2.27. The average Bonchev–Trinajstić information content (AvgIpc) is 2.14. The maximum Gasteiger partial charge on any atom is 0.236 e. The van der Waals surface area contributed by atoms with Gasteiger partial charge in [-0.25, -0.2) is 0 Å². The van der Waals surface area contributed by atoms with E-state index in [0.717, 1.165) is 5.92 Å². The van der Waals surface area contributed by atoms with Crippen molar-refractivity contribution in [3.63, 3.8) is 0 Å². The first kappa shape index (κ1) is 11.5. The van der Waals surface area contributed by atoms with Crippen molar-refractivity contribution in [2.24, 2.45) is 5.92 Å². The Balaban J connectivity index is 2.20. The van der Waals surface area contributed by atoms with Gasteiger partial charge in [0.25, 0.3) is 0 Å². The molecule has 3 nitrogen and oxygen atoms in total. The topological polar surface area (TPSA) is 32.3 Å². The summed E-state index contributed by atoms with van der Waals surface area (Å²) in [6, 6.07) is 0.558. The summed E-state index contributed by atoms with van der Waals surface area (Å²) in [5, 5.41) is 3.34. The largest absolute Gasteiger partial charge is 0.348 e. The average molecular weight is 198 g/mol. The normalized spacial score (nSPS) is 27.4. The molecule has 0 heterocycles. The van der Waals surface area contributed by atoms with E-state index < -0.39 is 0 Å². The van der Waals surface area contributed by atoms with Crippen molar-refractivity contribution in [3.8, 4) is 0 Å². The molecule has 1 aliphatic carbocycles. The van der Waals surface area contributed by atoms with E-state index in [-0.39, 0.29) is 5.91 Å². The Bertz CT molecular complexity index is 192. The number of likely N-dealkylation sites (N-methyl/N-ethyl adjacent to an activating group) is 1. The molecule has 0 aromatic carbocycles. The zero-order valence-electron chi connectivity index (χ0n) is 9.55. The second-order valence-corrected chi connectivity index (χ2v) is 4.64. The monoisotopic (exact) mass is 198 g/mol. The first-order chi connectivity index (χ1) is 6.59. The van der Waals surface area contributed by atoms with Crippen LogP contribution in [0.4, 0.5) is 0 Å². The fourth-order valence-electron chi connectivity index (χ4n) is 2.01. The Labute approximate surface area is 86.9 Å². The van der Waals surface area contributed by atoms with E-state index in [0.29, 0.717) is 12.6 Å². The van der Waals surface area contributed by atoms with Gasteiger partial charge in [-0.1, -0.05) is 19.8 Å². The van der Waals surface area contributed by atoms with Gasteiger partial charge in [-0.05, 0) is 18.8 Å². The summed E-state index contributed by atoms with van der Waals surface area (Å²) in [6.07, 6.45) is 5.10. The lowest BCUT2D eigenvalue weighted by molar-refractivity contribution is -0.127. The minimum atomic E-state index is 0.170. The van der Waals surface area contributed by atoms with Crippen LogP contribution in [0.15, 0.2) is 0 Å². The lowest BCUT2D eigenvalue weighted by atomic mass is 9.87. The van der Waals surface area contributed by atoms with Crippen molar-refractivity contribution in [1.82, 2.24) is 10.2 Å². The van der Waals surface area contributed by atoms with E-state index in [2.05, 4.69) is 12.2 Å². The van der Waals surface area contributed by atoms with Crippen molar-refractivity contribution in [2.45, 2.75) is 38.6 Å². The van der Waals surface area contributed by atoms with Crippen molar-refractivity contribution in [1.29, 1.82) is 0 Å². The van der Waals surface area contributed by atoms with E-state index >= 15 is 0 Å². The molecule has 0 radical (unpaired) electrons. The summed E-state index contributed by atoms with van der Waals surface area (Å²) in [4.78, 5) is 13.0. The molecular formula is C11H22N2O. The van der Waals surface area contributed by atoms with E-state index in [9.17, 15) is 4.79 Å². The molecule has 1 amide bonds. The summed E-state index contributed by atoms with van der Waals surface area (Å²) in [7, 11) is 3.60. The van der Waals surface area contributed by atoms with Crippen LogP contribution in [0.1, 0.15) is 32.6 Å². The van der Waals surface area contributed by atoms with Crippen LogP contribution < -0.4 is 5.32 Å². The van der Waals surface area contributed by atoms with Crippen LogP contribution in [0, 0.1) is 5.92 Å². The molecule has 82 valence electrons. The highest BCUT2D eigenvalue weighted by atomic mass is 16.2. The summed E-state index contributed by atoms with van der Waals surface area (Å²) >= 11 is 0. The third-order valence-electron chi connectivity index (χ3n) is 2.98. The van der Waals surface area contributed by atoms with Crippen LogP contribution in [-0.4, -0.2) is 37.5 Å². The molecule has 1 rings (SSSR count). The number of nitrogens with zero attached hydrogens (tertiary/aromatic N) is 1. The third kappa shape index (κ3) is 3.66. The number of nitrogens with one attached hydrogen (secondary N) is 1. The molecular weight excluding hydrogens is 176 g/mol. The predicted octanol–water partition coefficient (Wildman–Crippen LogP) is 1.24. The Kier molecular flexibility index (Phi) is 4.39. The molecule has 0 unspecified atom stereocenters. The zero-order chi connectivity index (χ0) is 10.6. The second-order valence-electron chi connectivity index (χ2n) is 4.64. The SMILES string of the molecule is C[C@H]1CCC[C@@H](NCC(=O)N(C)C)C1. The Morgan fingerprint density at radius 3 is 2.71 bits per heavy atom. The van der Waals surface area contributed by atoms with Gasteiger partial charge < -0.3 is 10.2 Å². The summed E-state index contributed by atoms with van der Waals surface area (Å²) in [6.45, 7) is 2.78. The molecule has 1 aliphatic rings. The van der Waals surface area contributed by atoms with Crippen LogP contribution in [0.5, 0.6) is 0 Å². The summed E-state index contributed by atoms with van der Waals surface area (Å²) in [5.74, 6) is 0.985. The Hall–Kier alpha value is -0.570. The number of hydrogen-bond acceptors (Lipinski definition) is 2. The first-order valence-electron chi connectivity index (χ1n) is 5.53.